The third-order valence-electron chi connectivity index (χ3n) is 6.61. The Hall–Kier alpha value is -1.59. The molecule has 1 atom stereocenters. The molecule has 5 nitrogen and oxygen atoms in total. The Bertz CT molecular complexity index is 692. The number of carbonyl (C=O) groups excluding carboxylic acids is 2. The highest BCUT2D eigenvalue weighted by Gasteiger charge is 2.42. The topological polar surface area (TPSA) is 52.7 Å². The molecule has 1 N–H and O–H groups in total. The summed E-state index contributed by atoms with van der Waals surface area (Å²) in [7, 11) is 0. The summed E-state index contributed by atoms with van der Waals surface area (Å²) in [6, 6.07) is 8.04. The van der Waals surface area contributed by atoms with Crippen molar-refractivity contribution in [3.63, 3.8) is 0 Å². The first-order chi connectivity index (χ1) is 12.6. The number of likely N-dealkylation sites (tertiary alicyclic amines) is 1. The van der Waals surface area contributed by atoms with Crippen LogP contribution in [0.25, 0.3) is 0 Å². The quantitative estimate of drug-likeness (QED) is 0.861. The van der Waals surface area contributed by atoms with Crippen molar-refractivity contribution in [3.05, 3.63) is 29.8 Å². The molecule has 1 spiro atoms. The number of nitrogens with zero attached hydrogens (tertiary/aromatic N) is 2. The van der Waals surface area contributed by atoms with Crippen molar-refractivity contribution < 1.29 is 9.59 Å². The number of rotatable bonds is 3. The Morgan fingerprint density at radius 2 is 1.96 bits per heavy atom. The van der Waals surface area contributed by atoms with E-state index < -0.39 is 0 Å². The van der Waals surface area contributed by atoms with E-state index >= 15 is 0 Å². The largest absolute Gasteiger partial charge is 0.342 e. The zero-order valence-corrected chi connectivity index (χ0v) is 16.9. The second kappa shape index (κ2) is 8.19. The Morgan fingerprint density at radius 1 is 1.22 bits per heavy atom. The van der Waals surface area contributed by atoms with E-state index in [0.717, 1.165) is 51.1 Å². The number of amides is 2. The Labute approximate surface area is 167 Å². The maximum atomic E-state index is 13.0. The minimum atomic E-state index is -0.192. The number of piperidine rings is 1. The predicted molar refractivity (Wildman–Crippen MR) is 109 cm³/mol. The molecule has 3 aliphatic rings. The highest BCUT2D eigenvalue weighted by Crippen LogP contribution is 2.38. The third-order valence-corrected chi connectivity index (χ3v) is 6.61. The molecule has 6 heteroatoms. The number of para-hydroxylation sites is 1. The lowest BCUT2D eigenvalue weighted by Crippen LogP contribution is -2.46. The lowest BCUT2D eigenvalue weighted by Gasteiger charge is -2.39. The first-order valence-electron chi connectivity index (χ1n) is 10.00. The number of anilines is 1. The van der Waals surface area contributed by atoms with Crippen LogP contribution in [0.3, 0.4) is 0 Å². The summed E-state index contributed by atoms with van der Waals surface area (Å²) in [6.07, 6.45) is 4.66. The number of aryl methyl sites for hydroxylation is 1. The molecule has 1 aromatic rings. The van der Waals surface area contributed by atoms with Crippen LogP contribution in [-0.2, 0) is 16.0 Å². The highest BCUT2D eigenvalue weighted by molar-refractivity contribution is 6.00. The highest BCUT2D eigenvalue weighted by atomic mass is 35.5. The normalized spacial score (nSPS) is 24.3. The summed E-state index contributed by atoms with van der Waals surface area (Å²) in [5.41, 5.74) is 2.56. The average molecular weight is 392 g/mol. The van der Waals surface area contributed by atoms with Gasteiger partial charge in [0.25, 0.3) is 0 Å². The fourth-order valence-electron chi connectivity index (χ4n) is 4.86. The number of benzene rings is 1. The standard InChI is InChI=1S/C21H29N3O2.ClH/c1-2-16-5-3-4-6-18(16)24-14-17(13-19(24)25)20(26)23-11-8-21(9-12-23)7-10-22-15-21;/h3-6,17,22H,2,7-15H2,1H3;1H. The van der Waals surface area contributed by atoms with Crippen LogP contribution in [0.1, 0.15) is 38.2 Å². The molecule has 3 saturated heterocycles. The van der Waals surface area contributed by atoms with E-state index in [9.17, 15) is 9.59 Å². The Kier molecular flexibility index (Phi) is 6.11. The van der Waals surface area contributed by atoms with Gasteiger partial charge in [-0.15, -0.1) is 12.4 Å². The van der Waals surface area contributed by atoms with Gasteiger partial charge in [0.1, 0.15) is 0 Å². The maximum Gasteiger partial charge on any atom is 0.228 e. The van der Waals surface area contributed by atoms with Crippen LogP contribution < -0.4 is 10.2 Å². The van der Waals surface area contributed by atoms with Gasteiger partial charge in [-0.2, -0.15) is 0 Å². The number of hydrogen-bond donors (Lipinski definition) is 1. The first kappa shape index (κ1) is 20.2. The second-order valence-electron chi connectivity index (χ2n) is 8.14. The fourth-order valence-corrected chi connectivity index (χ4v) is 4.86. The van der Waals surface area contributed by atoms with Crippen LogP contribution in [0.15, 0.2) is 24.3 Å². The van der Waals surface area contributed by atoms with E-state index in [4.69, 9.17) is 0 Å². The molecule has 3 aliphatic heterocycles. The van der Waals surface area contributed by atoms with Crippen molar-refractivity contribution in [3.8, 4) is 0 Å². The summed E-state index contributed by atoms with van der Waals surface area (Å²) in [5, 5.41) is 3.47. The second-order valence-corrected chi connectivity index (χ2v) is 8.14. The molecular formula is C21H30ClN3O2. The van der Waals surface area contributed by atoms with E-state index in [1.165, 1.54) is 12.0 Å². The van der Waals surface area contributed by atoms with Gasteiger partial charge in [-0.3, -0.25) is 9.59 Å². The zero-order chi connectivity index (χ0) is 18.1. The lowest BCUT2D eigenvalue weighted by molar-refractivity contribution is -0.137. The molecule has 1 aromatic carbocycles. The molecule has 148 valence electrons. The smallest absolute Gasteiger partial charge is 0.228 e. The predicted octanol–water partition coefficient (Wildman–Crippen LogP) is 2.63. The number of hydrogen-bond acceptors (Lipinski definition) is 3. The molecule has 3 heterocycles. The van der Waals surface area contributed by atoms with Crippen LogP contribution in [-0.4, -0.2) is 49.4 Å². The van der Waals surface area contributed by atoms with Gasteiger partial charge in [-0.1, -0.05) is 25.1 Å². The monoisotopic (exact) mass is 391 g/mol. The molecule has 4 rings (SSSR count). The molecule has 2 amide bonds. The van der Waals surface area contributed by atoms with E-state index in [2.05, 4.69) is 18.3 Å². The SMILES string of the molecule is CCc1ccccc1N1CC(C(=O)N2CCC3(CCNC3)CC2)CC1=O.Cl. The van der Waals surface area contributed by atoms with Crippen LogP contribution in [0, 0.1) is 11.3 Å². The van der Waals surface area contributed by atoms with Crippen molar-refractivity contribution >= 4 is 29.9 Å². The summed E-state index contributed by atoms with van der Waals surface area (Å²) in [4.78, 5) is 29.4. The van der Waals surface area contributed by atoms with Gasteiger partial charge < -0.3 is 15.1 Å². The molecule has 0 radical (unpaired) electrons. The van der Waals surface area contributed by atoms with E-state index in [-0.39, 0.29) is 30.1 Å². The van der Waals surface area contributed by atoms with E-state index in [1.807, 2.05) is 28.0 Å². The summed E-state index contributed by atoms with van der Waals surface area (Å²) in [6.45, 7) is 6.52. The van der Waals surface area contributed by atoms with Gasteiger partial charge in [-0.05, 0) is 49.3 Å². The minimum absolute atomic E-state index is 0. The van der Waals surface area contributed by atoms with Gasteiger partial charge in [0.15, 0.2) is 0 Å². The van der Waals surface area contributed by atoms with Crippen molar-refractivity contribution in [1.29, 1.82) is 0 Å². The van der Waals surface area contributed by atoms with E-state index in [0.29, 0.717) is 18.4 Å². The van der Waals surface area contributed by atoms with Gasteiger partial charge >= 0.3 is 0 Å². The molecule has 3 fully saturated rings. The molecule has 27 heavy (non-hydrogen) atoms. The summed E-state index contributed by atoms with van der Waals surface area (Å²) in [5.74, 6) is 0.0662. The molecular weight excluding hydrogens is 362 g/mol. The first-order valence-corrected chi connectivity index (χ1v) is 10.00. The van der Waals surface area contributed by atoms with Crippen LogP contribution in [0.2, 0.25) is 0 Å². The Balaban J connectivity index is 0.00000210. The van der Waals surface area contributed by atoms with Gasteiger partial charge in [0.05, 0.1) is 5.92 Å². The van der Waals surface area contributed by atoms with Gasteiger partial charge in [0.2, 0.25) is 11.8 Å². The number of halogens is 1. The van der Waals surface area contributed by atoms with Crippen molar-refractivity contribution in [1.82, 2.24) is 10.2 Å². The van der Waals surface area contributed by atoms with Crippen molar-refractivity contribution in [2.24, 2.45) is 11.3 Å². The molecule has 0 aliphatic carbocycles. The fraction of sp³-hybridized carbons (Fsp3) is 0.619. The van der Waals surface area contributed by atoms with Gasteiger partial charge in [0, 0.05) is 38.3 Å². The molecule has 0 saturated carbocycles. The van der Waals surface area contributed by atoms with Gasteiger partial charge in [-0.25, -0.2) is 0 Å². The zero-order valence-electron chi connectivity index (χ0n) is 16.1. The molecule has 0 bridgehead atoms. The lowest BCUT2D eigenvalue weighted by atomic mass is 9.77. The average Bonchev–Trinajstić information content (AvgIpc) is 3.28. The molecule has 1 unspecified atom stereocenters. The van der Waals surface area contributed by atoms with Crippen LogP contribution in [0.4, 0.5) is 5.69 Å². The van der Waals surface area contributed by atoms with Crippen LogP contribution in [0.5, 0.6) is 0 Å². The number of nitrogens with one attached hydrogen (secondary N) is 1. The third kappa shape index (κ3) is 3.85. The van der Waals surface area contributed by atoms with Crippen molar-refractivity contribution in [2.45, 2.75) is 39.0 Å². The van der Waals surface area contributed by atoms with Crippen molar-refractivity contribution in [2.75, 3.05) is 37.6 Å². The minimum Gasteiger partial charge on any atom is -0.342 e. The van der Waals surface area contributed by atoms with Crippen LogP contribution >= 0.6 is 12.4 Å². The Morgan fingerprint density at radius 3 is 2.63 bits per heavy atom. The summed E-state index contributed by atoms with van der Waals surface area (Å²) >= 11 is 0. The summed E-state index contributed by atoms with van der Waals surface area (Å²) < 4.78 is 0. The maximum absolute atomic E-state index is 13.0. The van der Waals surface area contributed by atoms with E-state index in [1.54, 1.807) is 0 Å². The molecule has 0 aromatic heterocycles. The number of carbonyl (C=O) groups is 2.